The molecule has 6 aromatic carbocycles. The van der Waals surface area contributed by atoms with Crippen molar-refractivity contribution in [3.63, 3.8) is 0 Å². The first-order valence-electron chi connectivity index (χ1n) is 34.1. The van der Waals surface area contributed by atoms with Crippen molar-refractivity contribution in [1.29, 1.82) is 0 Å². The Kier molecular flexibility index (Phi) is 32.8. The number of aliphatic hydroxyl groups excluding tert-OH is 4. The third kappa shape index (κ3) is 23.7. The highest BCUT2D eigenvalue weighted by Gasteiger charge is 2.30. The van der Waals surface area contributed by atoms with Crippen LogP contribution in [0.4, 0.5) is 0 Å². The van der Waals surface area contributed by atoms with E-state index in [2.05, 4.69) is 157 Å². The molecule has 0 fully saturated rings. The quantitative estimate of drug-likeness (QED) is 0.0124. The maximum Gasteiger partial charge on any atom is 0.333 e. The van der Waals surface area contributed by atoms with E-state index in [1.807, 2.05) is 13.0 Å². The molecule has 6 rings (SSSR count). The first kappa shape index (κ1) is 77.1. The van der Waals surface area contributed by atoms with Crippen LogP contribution in [0.25, 0.3) is 44.5 Å². The number of esters is 3. The van der Waals surface area contributed by atoms with Gasteiger partial charge in [-0.3, -0.25) is 0 Å². The lowest BCUT2D eigenvalue weighted by molar-refractivity contribution is -0.139. The first-order valence-corrected chi connectivity index (χ1v) is 34.1. The summed E-state index contributed by atoms with van der Waals surface area (Å²) in [6, 6.07) is 41.7. The van der Waals surface area contributed by atoms with Gasteiger partial charge in [0, 0.05) is 22.1 Å². The van der Waals surface area contributed by atoms with Crippen LogP contribution in [0.3, 0.4) is 0 Å². The predicted molar refractivity (Wildman–Crippen MR) is 382 cm³/mol. The Labute approximate surface area is 562 Å². The van der Waals surface area contributed by atoms with Crippen molar-refractivity contribution < 1.29 is 58.5 Å². The van der Waals surface area contributed by atoms with E-state index in [4.69, 9.17) is 23.7 Å². The maximum absolute atomic E-state index is 12.1. The van der Waals surface area contributed by atoms with Crippen molar-refractivity contribution >= 4 is 17.9 Å². The second kappa shape index (κ2) is 39.9. The zero-order valence-electron chi connectivity index (χ0n) is 58.0. The van der Waals surface area contributed by atoms with Gasteiger partial charge in [-0.25, -0.2) is 14.4 Å². The topological polar surface area (TPSA) is 178 Å². The minimum absolute atomic E-state index is 0.122. The summed E-state index contributed by atoms with van der Waals surface area (Å²) in [4.78, 5) is 36.0. The van der Waals surface area contributed by atoms with Gasteiger partial charge in [-0.05, 0) is 212 Å². The van der Waals surface area contributed by atoms with Gasteiger partial charge in [0.2, 0.25) is 0 Å². The molecule has 0 spiro atoms. The van der Waals surface area contributed by atoms with Crippen molar-refractivity contribution in [3.05, 3.63) is 191 Å². The average Bonchev–Trinajstić information content (AvgIpc) is 0.800. The lowest BCUT2D eigenvalue weighted by atomic mass is 9.87. The van der Waals surface area contributed by atoms with Crippen molar-refractivity contribution in [2.45, 2.75) is 171 Å². The van der Waals surface area contributed by atoms with Gasteiger partial charge in [-0.1, -0.05) is 178 Å². The number of ether oxygens (including phenoxy) is 5. The standard InChI is InChI=1S/C45H60O7.C37H48O5/c1-8-11-12-15-34-18-20-36(21-19-34)37-22-23-41(35(9-2)26-37)40-27-38(16-13-24-50-43(48)32(4)5)42(52-31-45(10-3,29-46)30-47)39(28-40)17-14-25-51-44(49)33(6)7;1-6-8-9-11-28-13-15-30(16-14-28)31-17-19-34(29(7-2)22-31)32-18-20-35(42-26-37(5,24-38)25-39)33(23-32)12-10-21-41-36(40)27(3)4/h18-23,26-28,46-47H,4,6,8-17,24-25,29-31H2,1-3,5,7H3;13-20,22-23,38-39H,3,6-12,21,24-26H2,1-2,4-5H3. The van der Waals surface area contributed by atoms with Crippen molar-refractivity contribution in [2.24, 2.45) is 10.8 Å². The molecule has 0 aliphatic carbocycles. The summed E-state index contributed by atoms with van der Waals surface area (Å²) in [6.45, 7) is 28.6. The first-order chi connectivity index (χ1) is 45.2. The van der Waals surface area contributed by atoms with E-state index in [1.54, 1.807) is 27.7 Å². The third-order valence-electron chi connectivity index (χ3n) is 17.4. The fourth-order valence-electron chi connectivity index (χ4n) is 10.9. The zero-order valence-corrected chi connectivity index (χ0v) is 58.0. The third-order valence-corrected chi connectivity index (χ3v) is 17.4. The molecule has 6 aromatic rings. The van der Waals surface area contributed by atoms with Crippen molar-refractivity contribution in [3.8, 4) is 56.0 Å². The monoisotopic (exact) mass is 1280 g/mol. The number of carbonyl (C=O) groups excluding carboxylic acids is 3. The van der Waals surface area contributed by atoms with E-state index in [9.17, 15) is 34.8 Å². The van der Waals surface area contributed by atoms with Crippen LogP contribution in [-0.2, 0) is 73.5 Å². The van der Waals surface area contributed by atoms with Crippen LogP contribution in [0.5, 0.6) is 11.5 Å². The highest BCUT2D eigenvalue weighted by Crippen LogP contribution is 2.39. The fraction of sp³-hybridized carbons (Fsp3) is 0.451. The van der Waals surface area contributed by atoms with Gasteiger partial charge in [0.15, 0.2) is 0 Å². The van der Waals surface area contributed by atoms with Gasteiger partial charge in [-0.2, -0.15) is 0 Å². The molecule has 508 valence electrons. The van der Waals surface area contributed by atoms with Crippen LogP contribution in [0.2, 0.25) is 0 Å². The lowest BCUT2D eigenvalue weighted by Crippen LogP contribution is -2.36. The number of benzene rings is 6. The molecule has 0 amide bonds. The fourth-order valence-corrected chi connectivity index (χ4v) is 10.9. The number of hydrogen-bond acceptors (Lipinski definition) is 12. The van der Waals surface area contributed by atoms with Gasteiger partial charge >= 0.3 is 17.9 Å². The van der Waals surface area contributed by atoms with Crippen molar-refractivity contribution in [1.82, 2.24) is 0 Å². The molecule has 94 heavy (non-hydrogen) atoms. The van der Waals surface area contributed by atoms with Gasteiger partial charge in [0.25, 0.3) is 0 Å². The van der Waals surface area contributed by atoms with E-state index in [0.29, 0.717) is 73.2 Å². The second-order valence-electron chi connectivity index (χ2n) is 25.6. The highest BCUT2D eigenvalue weighted by atomic mass is 16.5. The number of rotatable bonds is 40. The molecule has 0 atom stereocenters. The van der Waals surface area contributed by atoms with E-state index < -0.39 is 22.8 Å². The molecule has 0 radical (unpaired) electrons. The summed E-state index contributed by atoms with van der Waals surface area (Å²) in [5.74, 6) is 0.141. The Hall–Kier alpha value is -7.61. The average molecular weight is 1290 g/mol. The summed E-state index contributed by atoms with van der Waals surface area (Å²) >= 11 is 0. The molecule has 0 saturated carbocycles. The van der Waals surface area contributed by atoms with Crippen LogP contribution in [-0.4, -0.2) is 97.8 Å². The van der Waals surface area contributed by atoms with Crippen LogP contribution in [0.15, 0.2) is 152 Å². The van der Waals surface area contributed by atoms with E-state index >= 15 is 0 Å². The molecule has 0 saturated heterocycles. The zero-order chi connectivity index (χ0) is 68.6. The largest absolute Gasteiger partial charge is 0.493 e. The smallest absolute Gasteiger partial charge is 0.333 e. The lowest BCUT2D eigenvalue weighted by Gasteiger charge is -2.29. The molecular weight excluding hydrogens is 1180 g/mol. The van der Waals surface area contributed by atoms with Gasteiger partial charge < -0.3 is 44.1 Å². The summed E-state index contributed by atoms with van der Waals surface area (Å²) < 4.78 is 28.8. The Morgan fingerprint density at radius 3 is 1.17 bits per heavy atom. The Morgan fingerprint density at radius 1 is 0.404 bits per heavy atom. The molecule has 0 aliphatic rings. The molecule has 4 N–H and O–H groups in total. The molecule has 0 unspecified atom stereocenters. The predicted octanol–water partition coefficient (Wildman–Crippen LogP) is 16.9. The summed E-state index contributed by atoms with van der Waals surface area (Å²) in [5, 5.41) is 39.8. The van der Waals surface area contributed by atoms with Gasteiger partial charge in [-0.15, -0.1) is 0 Å². The molecule has 0 aliphatic heterocycles. The molecule has 12 nitrogen and oxygen atoms in total. The van der Waals surface area contributed by atoms with E-state index in [1.165, 1.54) is 88.6 Å². The summed E-state index contributed by atoms with van der Waals surface area (Å²) in [5.41, 5.74) is 16.8. The van der Waals surface area contributed by atoms with E-state index in [-0.39, 0.29) is 65.4 Å². The number of aliphatic hydroxyl groups is 4. The minimum atomic E-state index is -0.805. The van der Waals surface area contributed by atoms with Gasteiger partial charge in [0.1, 0.15) is 11.5 Å². The number of unbranched alkanes of at least 4 members (excludes halogenated alkanes) is 4. The highest BCUT2D eigenvalue weighted by molar-refractivity contribution is 5.88. The number of hydrogen-bond donors (Lipinski definition) is 4. The minimum Gasteiger partial charge on any atom is -0.493 e. The van der Waals surface area contributed by atoms with Crippen LogP contribution in [0, 0.1) is 10.8 Å². The van der Waals surface area contributed by atoms with Crippen LogP contribution in [0.1, 0.15) is 165 Å². The normalized spacial score (nSPS) is 11.3. The molecule has 0 heterocycles. The van der Waals surface area contributed by atoms with Crippen LogP contribution < -0.4 is 9.47 Å². The Morgan fingerprint density at radius 2 is 0.787 bits per heavy atom. The van der Waals surface area contributed by atoms with Crippen LogP contribution >= 0.6 is 0 Å². The molecule has 0 aromatic heterocycles. The molecule has 12 heteroatoms. The number of aryl methyl sites for hydroxylation is 7. The molecular formula is C82H108O12. The van der Waals surface area contributed by atoms with E-state index in [0.717, 1.165) is 59.1 Å². The number of carbonyl (C=O) groups is 3. The second-order valence-corrected chi connectivity index (χ2v) is 25.6. The summed E-state index contributed by atoms with van der Waals surface area (Å²) in [7, 11) is 0. The molecule has 0 bridgehead atoms. The van der Waals surface area contributed by atoms with Gasteiger partial charge in [0.05, 0.1) is 64.9 Å². The Bertz CT molecular complexity index is 3320. The van der Waals surface area contributed by atoms with Crippen molar-refractivity contribution in [2.75, 3.05) is 59.5 Å². The summed E-state index contributed by atoms with van der Waals surface area (Å²) in [6.07, 6.45) is 15.4. The Balaban J connectivity index is 0.000000348. The SMILES string of the molecule is C=C(C)C(=O)OCCCc1cc(-c2ccc(-c3ccc(CCCCC)cc3)cc2CC)cc(CCCOC(=O)C(=C)C)c1OCC(CC)(CO)CO.C=C(C)C(=O)OCCCc1cc(-c2ccc(-c3ccc(CCCCC)cc3)cc2CC)ccc1OCC(C)(CO)CO. The maximum atomic E-state index is 12.1.